The molecule has 1 unspecified atom stereocenters. The van der Waals surface area contributed by atoms with E-state index in [4.69, 9.17) is 21.1 Å². The van der Waals surface area contributed by atoms with Crippen molar-refractivity contribution in [1.29, 1.82) is 0 Å². The van der Waals surface area contributed by atoms with E-state index in [-0.39, 0.29) is 11.8 Å². The third-order valence-electron chi connectivity index (χ3n) is 4.46. The second-order valence-corrected chi connectivity index (χ2v) is 7.86. The Morgan fingerprint density at radius 3 is 2.41 bits per heavy atom. The average Bonchev–Trinajstić information content (AvgIpc) is 2.77. The van der Waals surface area contributed by atoms with E-state index in [1.165, 1.54) is 6.21 Å². The highest BCUT2D eigenvalue weighted by Crippen LogP contribution is 2.28. The van der Waals surface area contributed by atoms with Gasteiger partial charge in [-0.3, -0.25) is 9.59 Å². The van der Waals surface area contributed by atoms with Gasteiger partial charge in [-0.15, -0.1) is 0 Å². The van der Waals surface area contributed by atoms with E-state index in [1.807, 2.05) is 39.8 Å². The van der Waals surface area contributed by atoms with Gasteiger partial charge < -0.3 is 14.8 Å². The van der Waals surface area contributed by atoms with Crippen LogP contribution in [0.1, 0.15) is 50.0 Å². The molecule has 0 aliphatic rings. The fraction of sp³-hybridized carbons (Fsp3) is 0.375. The molecular weight excluding hydrogens is 430 g/mol. The molecule has 0 radical (unpaired) electrons. The monoisotopic (exact) mass is 459 g/mol. The van der Waals surface area contributed by atoms with Crippen molar-refractivity contribution in [2.75, 3.05) is 13.2 Å². The lowest BCUT2D eigenvalue weighted by Gasteiger charge is -2.20. The molecule has 7 nitrogen and oxygen atoms in total. The highest BCUT2D eigenvalue weighted by Gasteiger charge is 2.24. The molecule has 8 heteroatoms. The van der Waals surface area contributed by atoms with Gasteiger partial charge in [-0.2, -0.15) is 5.10 Å². The summed E-state index contributed by atoms with van der Waals surface area (Å²) >= 11 is 5.86. The van der Waals surface area contributed by atoms with Crippen molar-refractivity contribution in [2.45, 2.75) is 40.2 Å². The first kappa shape index (κ1) is 25.2. The zero-order valence-corrected chi connectivity index (χ0v) is 19.6. The predicted octanol–water partition coefficient (Wildman–Crippen LogP) is 4.43. The zero-order chi connectivity index (χ0) is 23.5. The van der Waals surface area contributed by atoms with Crippen molar-refractivity contribution in [1.82, 2.24) is 10.7 Å². The van der Waals surface area contributed by atoms with Crippen LogP contribution in [-0.2, 0) is 4.79 Å². The summed E-state index contributed by atoms with van der Waals surface area (Å²) < 4.78 is 11.3. The number of rotatable bonds is 11. The maximum atomic E-state index is 12.6. The largest absolute Gasteiger partial charge is 0.490 e. The Labute approximate surface area is 194 Å². The fourth-order valence-electron chi connectivity index (χ4n) is 2.81. The minimum absolute atomic E-state index is 0.138. The lowest BCUT2D eigenvalue weighted by atomic mass is 10.0. The van der Waals surface area contributed by atoms with Gasteiger partial charge in [0.25, 0.3) is 11.8 Å². The number of benzene rings is 2. The first-order valence-corrected chi connectivity index (χ1v) is 11.0. The molecule has 0 fully saturated rings. The SMILES string of the molecule is CCCOc1ccc(/C=N\NC(=O)C(NC(=O)c2ccc(Cl)cc2)C(C)C)cc1OCC. The summed E-state index contributed by atoms with van der Waals surface area (Å²) in [5.41, 5.74) is 3.66. The highest BCUT2D eigenvalue weighted by atomic mass is 35.5. The Bertz CT molecular complexity index is 929. The van der Waals surface area contributed by atoms with Crippen LogP contribution in [0.2, 0.25) is 5.02 Å². The summed E-state index contributed by atoms with van der Waals surface area (Å²) in [6, 6.07) is 11.1. The number of halogens is 1. The first-order chi connectivity index (χ1) is 15.3. The van der Waals surface area contributed by atoms with E-state index >= 15 is 0 Å². The van der Waals surface area contributed by atoms with Crippen molar-refractivity contribution in [2.24, 2.45) is 11.0 Å². The number of hydrogen-bond acceptors (Lipinski definition) is 5. The molecule has 2 aromatic carbocycles. The minimum Gasteiger partial charge on any atom is -0.490 e. The van der Waals surface area contributed by atoms with E-state index in [1.54, 1.807) is 30.3 Å². The molecule has 2 rings (SSSR count). The molecule has 0 bridgehead atoms. The van der Waals surface area contributed by atoms with Crippen LogP contribution in [0.15, 0.2) is 47.6 Å². The van der Waals surface area contributed by atoms with E-state index in [0.29, 0.717) is 35.3 Å². The maximum Gasteiger partial charge on any atom is 0.262 e. The lowest BCUT2D eigenvalue weighted by Crippen LogP contribution is -2.48. The summed E-state index contributed by atoms with van der Waals surface area (Å²) in [4.78, 5) is 25.1. The maximum absolute atomic E-state index is 12.6. The van der Waals surface area contributed by atoms with Gasteiger partial charge in [0.05, 0.1) is 19.4 Å². The smallest absolute Gasteiger partial charge is 0.262 e. The molecule has 0 heterocycles. The third kappa shape index (κ3) is 7.57. The van der Waals surface area contributed by atoms with Gasteiger partial charge in [0, 0.05) is 10.6 Å². The number of hydrazone groups is 1. The molecule has 0 aliphatic carbocycles. The standard InChI is InChI=1S/C24H30ClN3O4/c1-5-13-32-20-12-7-17(14-21(20)31-6-2)15-26-28-24(30)22(16(3)4)27-23(29)18-8-10-19(25)11-9-18/h7-12,14-16,22H,5-6,13H2,1-4H3,(H,27,29)(H,28,30)/b26-15-. The van der Waals surface area contributed by atoms with Gasteiger partial charge in [-0.25, -0.2) is 5.43 Å². The van der Waals surface area contributed by atoms with Crippen LogP contribution < -0.4 is 20.2 Å². The molecule has 1 atom stereocenters. The molecule has 0 saturated carbocycles. The molecule has 172 valence electrons. The Morgan fingerprint density at radius 2 is 1.78 bits per heavy atom. The van der Waals surface area contributed by atoms with Gasteiger partial charge in [-0.05, 0) is 67.3 Å². The molecule has 0 spiro atoms. The number of carbonyl (C=O) groups is 2. The van der Waals surface area contributed by atoms with Crippen molar-refractivity contribution in [3.8, 4) is 11.5 Å². The Morgan fingerprint density at radius 1 is 1.06 bits per heavy atom. The Hall–Kier alpha value is -3.06. The van der Waals surface area contributed by atoms with Gasteiger partial charge in [0.2, 0.25) is 0 Å². The lowest BCUT2D eigenvalue weighted by molar-refractivity contribution is -0.123. The van der Waals surface area contributed by atoms with Crippen molar-refractivity contribution < 1.29 is 19.1 Å². The molecule has 2 aromatic rings. The molecule has 32 heavy (non-hydrogen) atoms. The summed E-state index contributed by atoms with van der Waals surface area (Å²) in [5, 5.41) is 7.32. The van der Waals surface area contributed by atoms with Crippen molar-refractivity contribution in [3.63, 3.8) is 0 Å². The third-order valence-corrected chi connectivity index (χ3v) is 4.71. The molecule has 0 aliphatic heterocycles. The van der Waals surface area contributed by atoms with Crippen LogP contribution >= 0.6 is 11.6 Å². The Kier molecular flexibility index (Phi) is 10.0. The van der Waals surface area contributed by atoms with E-state index in [9.17, 15) is 9.59 Å². The molecule has 2 amide bonds. The average molecular weight is 460 g/mol. The van der Waals surface area contributed by atoms with Crippen LogP contribution in [-0.4, -0.2) is 37.3 Å². The molecule has 0 aromatic heterocycles. The van der Waals surface area contributed by atoms with Gasteiger partial charge in [0.15, 0.2) is 11.5 Å². The minimum atomic E-state index is -0.751. The van der Waals surface area contributed by atoms with Crippen molar-refractivity contribution >= 4 is 29.6 Å². The summed E-state index contributed by atoms with van der Waals surface area (Å²) in [6.45, 7) is 8.73. The van der Waals surface area contributed by atoms with Crippen LogP contribution in [0.25, 0.3) is 0 Å². The van der Waals surface area contributed by atoms with Crippen LogP contribution in [0.3, 0.4) is 0 Å². The number of ether oxygens (including phenoxy) is 2. The normalized spacial score (nSPS) is 11.9. The Balaban J connectivity index is 2.03. The first-order valence-electron chi connectivity index (χ1n) is 10.6. The van der Waals surface area contributed by atoms with E-state index in [2.05, 4.69) is 15.8 Å². The van der Waals surface area contributed by atoms with E-state index in [0.717, 1.165) is 12.0 Å². The van der Waals surface area contributed by atoms with Gasteiger partial charge >= 0.3 is 0 Å². The second-order valence-electron chi connectivity index (χ2n) is 7.42. The number of nitrogens with zero attached hydrogens (tertiary/aromatic N) is 1. The van der Waals surface area contributed by atoms with Crippen LogP contribution in [0.4, 0.5) is 0 Å². The van der Waals surface area contributed by atoms with Gasteiger partial charge in [-0.1, -0.05) is 32.4 Å². The summed E-state index contributed by atoms with van der Waals surface area (Å²) in [7, 11) is 0. The number of hydrogen-bond donors (Lipinski definition) is 2. The molecule has 0 saturated heterocycles. The van der Waals surface area contributed by atoms with Crippen LogP contribution in [0, 0.1) is 5.92 Å². The van der Waals surface area contributed by atoms with Crippen LogP contribution in [0.5, 0.6) is 11.5 Å². The number of amides is 2. The van der Waals surface area contributed by atoms with Crippen molar-refractivity contribution in [3.05, 3.63) is 58.6 Å². The topological polar surface area (TPSA) is 89.0 Å². The number of carbonyl (C=O) groups excluding carboxylic acids is 2. The summed E-state index contributed by atoms with van der Waals surface area (Å²) in [6.07, 6.45) is 2.41. The zero-order valence-electron chi connectivity index (χ0n) is 18.9. The molecule has 2 N–H and O–H groups in total. The fourth-order valence-corrected chi connectivity index (χ4v) is 2.93. The van der Waals surface area contributed by atoms with E-state index < -0.39 is 11.9 Å². The number of nitrogens with one attached hydrogen (secondary N) is 2. The van der Waals surface area contributed by atoms with Gasteiger partial charge in [0.1, 0.15) is 6.04 Å². The molecular formula is C24H30ClN3O4. The predicted molar refractivity (Wildman–Crippen MR) is 127 cm³/mol. The second kappa shape index (κ2) is 12.7. The quantitative estimate of drug-likeness (QED) is 0.384. The highest BCUT2D eigenvalue weighted by molar-refractivity contribution is 6.30. The summed E-state index contributed by atoms with van der Waals surface area (Å²) in [5.74, 6) is 0.377.